The van der Waals surface area contributed by atoms with E-state index in [1.807, 2.05) is 0 Å². The maximum atomic E-state index is 9.87. The molecule has 2 atom stereocenters. The van der Waals surface area contributed by atoms with Gasteiger partial charge in [0.1, 0.15) is 0 Å². The third-order valence-corrected chi connectivity index (χ3v) is 3.00. The average molecular weight is 215 g/mol. The van der Waals surface area contributed by atoms with Crippen LogP contribution in [-0.2, 0) is 11.2 Å². The zero-order valence-corrected chi connectivity index (χ0v) is 9.46. The quantitative estimate of drug-likeness (QED) is 0.787. The van der Waals surface area contributed by atoms with Gasteiger partial charge in [0.25, 0.3) is 0 Å². The maximum absolute atomic E-state index is 9.87. The molecular formula is C10H17NO2S. The summed E-state index contributed by atoms with van der Waals surface area (Å²) in [5, 5.41) is 9.87. The van der Waals surface area contributed by atoms with Gasteiger partial charge in [-0.15, -0.1) is 11.3 Å². The van der Waals surface area contributed by atoms with E-state index in [-0.39, 0.29) is 6.10 Å². The lowest BCUT2D eigenvalue weighted by Crippen LogP contribution is -2.29. The van der Waals surface area contributed by atoms with Crippen LogP contribution in [0.5, 0.6) is 0 Å². The Bertz CT molecular complexity index is 238. The fraction of sp³-hybridized carbons (Fsp3) is 0.700. The minimum atomic E-state index is -0.416. The summed E-state index contributed by atoms with van der Waals surface area (Å²) in [6, 6.07) is 0. The normalized spacial score (nSPS) is 15.4. The highest BCUT2D eigenvalue weighted by atomic mass is 32.1. The van der Waals surface area contributed by atoms with Crippen LogP contribution in [0.1, 0.15) is 24.6 Å². The highest BCUT2D eigenvalue weighted by molar-refractivity contribution is 7.09. The van der Waals surface area contributed by atoms with E-state index in [4.69, 9.17) is 4.74 Å². The van der Waals surface area contributed by atoms with E-state index in [0.717, 1.165) is 17.7 Å². The molecule has 1 heterocycles. The first-order chi connectivity index (χ1) is 6.77. The van der Waals surface area contributed by atoms with E-state index >= 15 is 0 Å². The summed E-state index contributed by atoms with van der Waals surface area (Å²) >= 11 is 1.57. The number of aliphatic hydroxyl groups is 1. The summed E-state index contributed by atoms with van der Waals surface area (Å²) in [5.41, 5.74) is 1.78. The van der Waals surface area contributed by atoms with Gasteiger partial charge in [0, 0.05) is 24.6 Å². The number of nitrogens with zero attached hydrogens (tertiary/aromatic N) is 1. The third kappa shape index (κ3) is 3.36. The number of rotatable bonds is 6. The molecule has 0 aliphatic heterocycles. The van der Waals surface area contributed by atoms with Crippen molar-refractivity contribution in [3.8, 4) is 0 Å². The molecule has 0 spiro atoms. The van der Waals surface area contributed by atoms with Crippen molar-refractivity contribution >= 4 is 11.3 Å². The van der Waals surface area contributed by atoms with Gasteiger partial charge in [-0.1, -0.05) is 13.3 Å². The molecule has 0 aliphatic carbocycles. The number of thiazole rings is 1. The first kappa shape index (κ1) is 11.6. The first-order valence-corrected chi connectivity index (χ1v) is 5.74. The molecule has 0 amide bonds. The zero-order chi connectivity index (χ0) is 10.4. The van der Waals surface area contributed by atoms with Gasteiger partial charge in [-0.05, 0) is 6.42 Å². The van der Waals surface area contributed by atoms with E-state index < -0.39 is 6.10 Å². The van der Waals surface area contributed by atoms with E-state index in [9.17, 15) is 5.11 Å². The van der Waals surface area contributed by atoms with E-state index in [1.165, 1.54) is 0 Å². The molecule has 1 N–H and O–H groups in total. The number of aliphatic hydroxyl groups excluding tert-OH is 1. The van der Waals surface area contributed by atoms with E-state index in [2.05, 4.69) is 11.9 Å². The van der Waals surface area contributed by atoms with Crippen LogP contribution in [0.4, 0.5) is 0 Å². The summed E-state index contributed by atoms with van der Waals surface area (Å²) in [5.74, 6) is 0. The Hall–Kier alpha value is -0.450. The van der Waals surface area contributed by atoms with Crippen molar-refractivity contribution in [2.24, 2.45) is 0 Å². The van der Waals surface area contributed by atoms with Gasteiger partial charge < -0.3 is 9.84 Å². The fourth-order valence-corrected chi connectivity index (χ4v) is 2.08. The van der Waals surface area contributed by atoms with Gasteiger partial charge in [-0.2, -0.15) is 0 Å². The smallest absolute Gasteiger partial charge is 0.0850 e. The molecule has 0 aliphatic rings. The lowest BCUT2D eigenvalue weighted by Gasteiger charge is -2.20. The Morgan fingerprint density at radius 3 is 2.93 bits per heavy atom. The molecule has 0 radical (unpaired) electrons. The van der Waals surface area contributed by atoms with E-state index in [1.54, 1.807) is 30.2 Å². The van der Waals surface area contributed by atoms with Crippen LogP contribution in [0.25, 0.3) is 0 Å². The molecule has 2 unspecified atom stereocenters. The number of ether oxygens (including phenoxy) is 1. The van der Waals surface area contributed by atoms with Crippen molar-refractivity contribution in [1.29, 1.82) is 0 Å². The second kappa shape index (κ2) is 6.11. The monoisotopic (exact) mass is 215 g/mol. The fourth-order valence-electron chi connectivity index (χ4n) is 1.43. The molecule has 1 rings (SSSR count). The second-order valence-electron chi connectivity index (χ2n) is 3.30. The summed E-state index contributed by atoms with van der Waals surface area (Å²) in [6.45, 7) is 2.09. The van der Waals surface area contributed by atoms with Crippen LogP contribution in [0.3, 0.4) is 0 Å². The molecular weight excluding hydrogens is 198 g/mol. The molecule has 0 aromatic carbocycles. The summed E-state index contributed by atoms with van der Waals surface area (Å²) in [4.78, 5) is 5.08. The van der Waals surface area contributed by atoms with E-state index in [0.29, 0.717) is 6.42 Å². The zero-order valence-electron chi connectivity index (χ0n) is 8.64. The molecule has 1 aromatic heterocycles. The van der Waals surface area contributed by atoms with Crippen LogP contribution in [0, 0.1) is 0 Å². The van der Waals surface area contributed by atoms with Gasteiger partial charge in [-0.25, -0.2) is 0 Å². The van der Waals surface area contributed by atoms with Crippen LogP contribution in [-0.4, -0.2) is 29.4 Å². The highest BCUT2D eigenvalue weighted by Gasteiger charge is 2.18. The predicted molar refractivity (Wildman–Crippen MR) is 57.5 cm³/mol. The minimum absolute atomic E-state index is 0.0536. The summed E-state index contributed by atoms with van der Waals surface area (Å²) < 4.78 is 5.24. The number of hydrogen-bond donors (Lipinski definition) is 1. The van der Waals surface area contributed by atoms with Gasteiger partial charge in [-0.3, -0.25) is 4.98 Å². The van der Waals surface area contributed by atoms with Crippen molar-refractivity contribution in [2.45, 2.75) is 38.4 Å². The average Bonchev–Trinajstić information content (AvgIpc) is 2.66. The van der Waals surface area contributed by atoms with Crippen molar-refractivity contribution in [3.63, 3.8) is 0 Å². The van der Waals surface area contributed by atoms with Gasteiger partial charge in [0.2, 0.25) is 0 Å². The molecule has 4 heteroatoms. The Kier molecular flexibility index (Phi) is 5.07. The Labute approximate surface area is 88.8 Å². The lowest BCUT2D eigenvalue weighted by atomic mass is 10.1. The molecule has 14 heavy (non-hydrogen) atoms. The minimum Gasteiger partial charge on any atom is -0.390 e. The Morgan fingerprint density at radius 2 is 2.43 bits per heavy atom. The van der Waals surface area contributed by atoms with Crippen molar-refractivity contribution in [1.82, 2.24) is 4.98 Å². The second-order valence-corrected chi connectivity index (χ2v) is 4.27. The highest BCUT2D eigenvalue weighted by Crippen LogP contribution is 2.14. The molecule has 0 saturated heterocycles. The predicted octanol–water partition coefficient (Wildman–Crippen LogP) is 1.86. The SMILES string of the molecule is CCCC(OC)C(O)Cc1cncs1. The van der Waals surface area contributed by atoms with Crippen LogP contribution in [0.2, 0.25) is 0 Å². The topological polar surface area (TPSA) is 42.4 Å². The van der Waals surface area contributed by atoms with Gasteiger partial charge >= 0.3 is 0 Å². The molecule has 0 saturated carbocycles. The largest absolute Gasteiger partial charge is 0.390 e. The van der Waals surface area contributed by atoms with Crippen molar-refractivity contribution < 1.29 is 9.84 Å². The van der Waals surface area contributed by atoms with Crippen molar-refractivity contribution in [2.75, 3.05) is 7.11 Å². The Balaban J connectivity index is 2.43. The van der Waals surface area contributed by atoms with Gasteiger partial charge in [0.15, 0.2) is 0 Å². The number of methoxy groups -OCH3 is 1. The Morgan fingerprint density at radius 1 is 1.64 bits per heavy atom. The molecule has 0 bridgehead atoms. The molecule has 0 fully saturated rings. The van der Waals surface area contributed by atoms with Crippen LogP contribution in [0.15, 0.2) is 11.7 Å². The standard InChI is InChI=1S/C10H17NO2S/c1-3-4-10(13-2)9(12)5-8-6-11-7-14-8/h6-7,9-10,12H,3-5H2,1-2H3. The summed E-state index contributed by atoms with van der Waals surface area (Å²) in [7, 11) is 1.65. The maximum Gasteiger partial charge on any atom is 0.0850 e. The van der Waals surface area contributed by atoms with Crippen LogP contribution < -0.4 is 0 Å². The molecule has 1 aromatic rings. The number of hydrogen-bond acceptors (Lipinski definition) is 4. The molecule has 3 nitrogen and oxygen atoms in total. The van der Waals surface area contributed by atoms with Crippen molar-refractivity contribution in [3.05, 3.63) is 16.6 Å². The third-order valence-electron chi connectivity index (χ3n) is 2.20. The number of aromatic nitrogens is 1. The molecule has 80 valence electrons. The first-order valence-electron chi connectivity index (χ1n) is 4.86. The lowest BCUT2D eigenvalue weighted by molar-refractivity contribution is -0.0156. The van der Waals surface area contributed by atoms with Crippen LogP contribution >= 0.6 is 11.3 Å². The van der Waals surface area contributed by atoms with Gasteiger partial charge in [0.05, 0.1) is 17.7 Å². The summed E-state index contributed by atoms with van der Waals surface area (Å²) in [6.07, 6.45) is 3.90.